The molecule has 7 heteroatoms. The number of nitrogens with zero attached hydrogens (tertiary/aromatic N) is 1. The predicted molar refractivity (Wildman–Crippen MR) is 130 cm³/mol. The van der Waals surface area contributed by atoms with Gasteiger partial charge in [-0.3, -0.25) is 9.59 Å². The van der Waals surface area contributed by atoms with E-state index in [0.29, 0.717) is 54.3 Å². The number of benzene rings is 2. The van der Waals surface area contributed by atoms with Gasteiger partial charge in [-0.2, -0.15) is 0 Å². The van der Waals surface area contributed by atoms with Crippen molar-refractivity contribution in [2.24, 2.45) is 5.92 Å². The Balaban J connectivity index is 2.03. The number of hydrogen-bond donors (Lipinski definition) is 1. The van der Waals surface area contributed by atoms with Crippen LogP contribution in [-0.4, -0.2) is 35.9 Å². The van der Waals surface area contributed by atoms with Gasteiger partial charge in [0.1, 0.15) is 11.8 Å². The minimum absolute atomic E-state index is 0.0776. The molecule has 0 aliphatic carbocycles. The Morgan fingerprint density at radius 2 is 1.59 bits per heavy atom. The summed E-state index contributed by atoms with van der Waals surface area (Å²) in [6, 6.07) is 13.9. The average molecular weight is 479 g/mol. The first-order chi connectivity index (χ1) is 15.3. The standard InChI is InChI=1S/C25H32Cl2N2O3/c1-4-23(25(31)28-16-18(2)3)29(17-19-7-9-20(26)10-8-19)24(30)6-5-15-32-22-13-11-21(27)12-14-22/h7-14,18,23H,4-6,15-17H2,1-3H3,(H,28,31)/t23-/m0/s1. The van der Waals surface area contributed by atoms with Crippen molar-refractivity contribution in [3.8, 4) is 5.75 Å². The molecule has 0 saturated heterocycles. The molecule has 2 rings (SSSR count). The third-order valence-corrected chi connectivity index (χ3v) is 5.46. The molecular weight excluding hydrogens is 447 g/mol. The Bertz CT molecular complexity index is 854. The van der Waals surface area contributed by atoms with Gasteiger partial charge in [-0.25, -0.2) is 0 Å². The van der Waals surface area contributed by atoms with Gasteiger partial charge in [-0.05, 0) is 60.7 Å². The lowest BCUT2D eigenvalue weighted by atomic mass is 10.1. The van der Waals surface area contributed by atoms with Crippen LogP contribution in [0.25, 0.3) is 0 Å². The first-order valence-corrected chi connectivity index (χ1v) is 11.8. The number of carbonyl (C=O) groups excluding carboxylic acids is 2. The Hall–Kier alpha value is -2.24. The van der Waals surface area contributed by atoms with E-state index in [1.165, 1.54) is 0 Å². The van der Waals surface area contributed by atoms with E-state index in [1.54, 1.807) is 41.3 Å². The highest BCUT2D eigenvalue weighted by Gasteiger charge is 2.28. The first-order valence-electron chi connectivity index (χ1n) is 11.0. The van der Waals surface area contributed by atoms with E-state index in [2.05, 4.69) is 5.32 Å². The fraction of sp³-hybridized carbons (Fsp3) is 0.440. The summed E-state index contributed by atoms with van der Waals surface area (Å²) in [6.07, 6.45) is 1.36. The molecule has 1 atom stereocenters. The normalized spacial score (nSPS) is 11.8. The fourth-order valence-electron chi connectivity index (χ4n) is 3.22. The van der Waals surface area contributed by atoms with Gasteiger partial charge < -0.3 is 15.0 Å². The van der Waals surface area contributed by atoms with Gasteiger partial charge in [0, 0.05) is 29.6 Å². The van der Waals surface area contributed by atoms with Gasteiger partial charge in [-0.1, -0.05) is 56.1 Å². The van der Waals surface area contributed by atoms with Crippen molar-refractivity contribution in [2.45, 2.75) is 52.6 Å². The molecule has 0 unspecified atom stereocenters. The maximum atomic E-state index is 13.2. The van der Waals surface area contributed by atoms with Gasteiger partial charge in [0.2, 0.25) is 11.8 Å². The van der Waals surface area contributed by atoms with Crippen LogP contribution in [0.5, 0.6) is 5.75 Å². The molecule has 5 nitrogen and oxygen atoms in total. The molecule has 0 aliphatic rings. The summed E-state index contributed by atoms with van der Waals surface area (Å²) >= 11 is 11.9. The summed E-state index contributed by atoms with van der Waals surface area (Å²) < 4.78 is 5.70. The zero-order chi connectivity index (χ0) is 23.5. The molecule has 0 spiro atoms. The Kier molecular flexibility index (Phi) is 10.8. The Morgan fingerprint density at radius 3 is 2.16 bits per heavy atom. The Morgan fingerprint density at radius 1 is 1.00 bits per heavy atom. The van der Waals surface area contributed by atoms with E-state index >= 15 is 0 Å². The molecule has 0 radical (unpaired) electrons. The molecule has 2 aromatic carbocycles. The summed E-state index contributed by atoms with van der Waals surface area (Å²) in [7, 11) is 0. The highest BCUT2D eigenvalue weighted by atomic mass is 35.5. The van der Waals surface area contributed by atoms with Gasteiger partial charge >= 0.3 is 0 Å². The predicted octanol–water partition coefficient (Wildman–Crippen LogP) is 5.73. The van der Waals surface area contributed by atoms with Crippen molar-refractivity contribution in [1.29, 1.82) is 0 Å². The van der Waals surface area contributed by atoms with Crippen LogP contribution in [0.15, 0.2) is 48.5 Å². The van der Waals surface area contributed by atoms with Crippen LogP contribution in [0.3, 0.4) is 0 Å². The smallest absolute Gasteiger partial charge is 0.242 e. The second-order valence-corrected chi connectivity index (χ2v) is 8.99. The lowest BCUT2D eigenvalue weighted by Gasteiger charge is -2.31. The molecule has 2 aromatic rings. The molecule has 0 saturated carbocycles. The molecule has 174 valence electrons. The maximum absolute atomic E-state index is 13.2. The van der Waals surface area contributed by atoms with Crippen LogP contribution in [0.2, 0.25) is 10.0 Å². The third-order valence-electron chi connectivity index (χ3n) is 4.95. The van der Waals surface area contributed by atoms with E-state index in [-0.39, 0.29) is 18.2 Å². The largest absolute Gasteiger partial charge is 0.494 e. The lowest BCUT2D eigenvalue weighted by molar-refractivity contribution is -0.141. The minimum atomic E-state index is -0.533. The van der Waals surface area contributed by atoms with Gasteiger partial charge in [0.25, 0.3) is 0 Å². The fourth-order valence-corrected chi connectivity index (χ4v) is 3.47. The lowest BCUT2D eigenvalue weighted by Crippen LogP contribution is -2.49. The van der Waals surface area contributed by atoms with Crippen molar-refractivity contribution in [3.05, 3.63) is 64.1 Å². The maximum Gasteiger partial charge on any atom is 0.242 e. The Labute approximate surface area is 201 Å². The molecule has 0 aliphatic heterocycles. The number of nitrogens with one attached hydrogen (secondary N) is 1. The molecule has 0 bridgehead atoms. The van der Waals surface area contributed by atoms with Crippen molar-refractivity contribution < 1.29 is 14.3 Å². The monoisotopic (exact) mass is 478 g/mol. The first kappa shape index (κ1) is 26.0. The van der Waals surface area contributed by atoms with Gasteiger partial charge in [0.05, 0.1) is 6.61 Å². The highest BCUT2D eigenvalue weighted by Crippen LogP contribution is 2.18. The van der Waals surface area contributed by atoms with E-state index in [4.69, 9.17) is 27.9 Å². The van der Waals surface area contributed by atoms with Crippen LogP contribution >= 0.6 is 23.2 Å². The molecule has 32 heavy (non-hydrogen) atoms. The van der Waals surface area contributed by atoms with Gasteiger partial charge in [-0.15, -0.1) is 0 Å². The number of carbonyl (C=O) groups is 2. The van der Waals surface area contributed by atoms with Crippen molar-refractivity contribution in [3.63, 3.8) is 0 Å². The van der Waals surface area contributed by atoms with Crippen molar-refractivity contribution in [2.75, 3.05) is 13.2 Å². The topological polar surface area (TPSA) is 58.6 Å². The number of ether oxygens (including phenoxy) is 1. The van der Waals surface area contributed by atoms with E-state index < -0.39 is 6.04 Å². The number of hydrogen-bond acceptors (Lipinski definition) is 3. The second-order valence-electron chi connectivity index (χ2n) is 8.12. The summed E-state index contributed by atoms with van der Waals surface area (Å²) in [5, 5.41) is 4.24. The summed E-state index contributed by atoms with van der Waals surface area (Å²) in [4.78, 5) is 27.7. The quantitative estimate of drug-likeness (QED) is 0.396. The van der Waals surface area contributed by atoms with Crippen LogP contribution in [0.1, 0.15) is 45.6 Å². The van der Waals surface area contributed by atoms with Crippen molar-refractivity contribution >= 4 is 35.0 Å². The van der Waals surface area contributed by atoms with E-state index in [0.717, 1.165) is 5.56 Å². The SMILES string of the molecule is CC[C@@H](C(=O)NCC(C)C)N(Cc1ccc(Cl)cc1)C(=O)CCCOc1ccc(Cl)cc1. The number of halogens is 2. The molecule has 2 amide bonds. The average Bonchev–Trinajstić information content (AvgIpc) is 2.77. The second kappa shape index (κ2) is 13.3. The van der Waals surface area contributed by atoms with Crippen LogP contribution < -0.4 is 10.1 Å². The summed E-state index contributed by atoms with van der Waals surface area (Å²) in [5.41, 5.74) is 0.926. The molecule has 0 fully saturated rings. The van der Waals surface area contributed by atoms with Crippen molar-refractivity contribution in [1.82, 2.24) is 10.2 Å². The van der Waals surface area contributed by atoms with Gasteiger partial charge in [0.15, 0.2) is 0 Å². The molecule has 0 heterocycles. The van der Waals surface area contributed by atoms with Crippen LogP contribution in [0.4, 0.5) is 0 Å². The van der Waals surface area contributed by atoms with E-state index in [9.17, 15) is 9.59 Å². The number of rotatable bonds is 12. The summed E-state index contributed by atoms with van der Waals surface area (Å²) in [5.74, 6) is 0.841. The zero-order valence-electron chi connectivity index (χ0n) is 18.9. The number of amides is 2. The van der Waals surface area contributed by atoms with E-state index in [1.807, 2.05) is 32.9 Å². The minimum Gasteiger partial charge on any atom is -0.494 e. The van der Waals surface area contributed by atoms with Crippen LogP contribution in [0, 0.1) is 5.92 Å². The summed E-state index contributed by atoms with van der Waals surface area (Å²) in [6.45, 7) is 7.33. The zero-order valence-corrected chi connectivity index (χ0v) is 20.5. The molecular formula is C25H32Cl2N2O3. The molecule has 1 N–H and O–H groups in total. The van der Waals surface area contributed by atoms with Crippen LogP contribution in [-0.2, 0) is 16.1 Å². The molecule has 0 aromatic heterocycles. The highest BCUT2D eigenvalue weighted by molar-refractivity contribution is 6.30. The third kappa shape index (κ3) is 8.71.